The van der Waals surface area contributed by atoms with Crippen LogP contribution in [-0.2, 0) is 6.54 Å². The van der Waals surface area contributed by atoms with E-state index < -0.39 is 0 Å². The lowest BCUT2D eigenvalue weighted by Crippen LogP contribution is -2.04. The van der Waals surface area contributed by atoms with E-state index in [2.05, 4.69) is 29.8 Å². The first-order valence-electron chi connectivity index (χ1n) is 5.20. The molecule has 0 radical (unpaired) electrons. The van der Waals surface area contributed by atoms with Crippen molar-refractivity contribution in [1.82, 2.24) is 5.32 Å². The molecule has 1 aromatic heterocycles. The van der Waals surface area contributed by atoms with Gasteiger partial charge < -0.3 is 5.32 Å². The minimum atomic E-state index is 0.786. The SMILES string of the molecule is CNCc1csc(-c2ccc(Cl)cc2)c1C. The molecule has 16 heavy (non-hydrogen) atoms. The predicted octanol–water partition coefficient (Wildman–Crippen LogP) is 4.10. The van der Waals surface area contributed by atoms with Gasteiger partial charge in [0.25, 0.3) is 0 Å². The van der Waals surface area contributed by atoms with Crippen molar-refractivity contribution in [3.63, 3.8) is 0 Å². The summed E-state index contributed by atoms with van der Waals surface area (Å²) in [4.78, 5) is 1.34. The van der Waals surface area contributed by atoms with Crippen molar-refractivity contribution in [3.05, 3.63) is 45.8 Å². The lowest BCUT2D eigenvalue weighted by molar-refractivity contribution is 0.816. The molecule has 1 nitrogen and oxygen atoms in total. The lowest BCUT2D eigenvalue weighted by Gasteiger charge is -2.02. The van der Waals surface area contributed by atoms with E-state index in [9.17, 15) is 0 Å². The molecule has 1 heterocycles. The van der Waals surface area contributed by atoms with Crippen LogP contribution in [0.2, 0.25) is 5.02 Å². The van der Waals surface area contributed by atoms with Crippen LogP contribution in [0.4, 0.5) is 0 Å². The van der Waals surface area contributed by atoms with Gasteiger partial charge in [0, 0.05) is 16.4 Å². The van der Waals surface area contributed by atoms with Crippen LogP contribution >= 0.6 is 22.9 Å². The third kappa shape index (κ3) is 2.29. The molecule has 0 spiro atoms. The highest BCUT2D eigenvalue weighted by atomic mass is 35.5. The van der Waals surface area contributed by atoms with E-state index in [1.165, 1.54) is 21.6 Å². The zero-order chi connectivity index (χ0) is 11.5. The van der Waals surface area contributed by atoms with E-state index in [1.54, 1.807) is 11.3 Å². The summed E-state index contributed by atoms with van der Waals surface area (Å²) in [5.74, 6) is 0. The number of benzene rings is 1. The van der Waals surface area contributed by atoms with Gasteiger partial charge in [0.1, 0.15) is 0 Å². The number of nitrogens with one attached hydrogen (secondary N) is 1. The van der Waals surface area contributed by atoms with Crippen LogP contribution in [-0.4, -0.2) is 7.05 Å². The maximum atomic E-state index is 5.89. The van der Waals surface area contributed by atoms with Crippen molar-refractivity contribution in [2.45, 2.75) is 13.5 Å². The van der Waals surface area contributed by atoms with Crippen LogP contribution in [0.1, 0.15) is 11.1 Å². The van der Waals surface area contributed by atoms with Gasteiger partial charge >= 0.3 is 0 Å². The van der Waals surface area contributed by atoms with Crippen molar-refractivity contribution in [3.8, 4) is 10.4 Å². The highest BCUT2D eigenvalue weighted by molar-refractivity contribution is 7.14. The summed E-state index contributed by atoms with van der Waals surface area (Å²) in [6.07, 6.45) is 0. The van der Waals surface area contributed by atoms with Gasteiger partial charge in [0.15, 0.2) is 0 Å². The van der Waals surface area contributed by atoms with E-state index in [0.717, 1.165) is 11.6 Å². The van der Waals surface area contributed by atoms with Crippen LogP contribution in [0.5, 0.6) is 0 Å². The van der Waals surface area contributed by atoms with Gasteiger partial charge in [-0.1, -0.05) is 23.7 Å². The van der Waals surface area contributed by atoms with E-state index in [0.29, 0.717) is 0 Å². The molecule has 0 saturated carbocycles. The smallest absolute Gasteiger partial charge is 0.0406 e. The van der Waals surface area contributed by atoms with Gasteiger partial charge in [-0.15, -0.1) is 11.3 Å². The average Bonchev–Trinajstić information content (AvgIpc) is 2.63. The molecule has 0 aliphatic heterocycles. The molecule has 0 unspecified atom stereocenters. The Morgan fingerprint density at radius 3 is 2.56 bits per heavy atom. The number of halogens is 1. The zero-order valence-electron chi connectivity index (χ0n) is 9.38. The number of rotatable bonds is 3. The van der Waals surface area contributed by atoms with E-state index >= 15 is 0 Å². The minimum Gasteiger partial charge on any atom is -0.316 e. The molecule has 0 aliphatic carbocycles. The van der Waals surface area contributed by atoms with Crippen molar-refractivity contribution >= 4 is 22.9 Å². The Labute approximate surface area is 105 Å². The van der Waals surface area contributed by atoms with Crippen LogP contribution < -0.4 is 5.32 Å². The van der Waals surface area contributed by atoms with E-state index in [1.807, 2.05) is 19.2 Å². The Morgan fingerprint density at radius 1 is 1.25 bits per heavy atom. The van der Waals surface area contributed by atoms with E-state index in [4.69, 9.17) is 11.6 Å². The first kappa shape index (κ1) is 11.6. The van der Waals surface area contributed by atoms with Gasteiger partial charge in [-0.25, -0.2) is 0 Å². The molecule has 1 aromatic carbocycles. The molecule has 84 valence electrons. The second-order valence-electron chi connectivity index (χ2n) is 3.75. The average molecular weight is 252 g/mol. The summed E-state index contributed by atoms with van der Waals surface area (Å²) in [6, 6.07) is 8.02. The number of hydrogen-bond acceptors (Lipinski definition) is 2. The Balaban J connectivity index is 2.37. The van der Waals surface area contributed by atoms with Gasteiger partial charge in [-0.05, 0) is 48.2 Å². The van der Waals surface area contributed by atoms with Crippen molar-refractivity contribution in [2.75, 3.05) is 7.05 Å². The normalized spacial score (nSPS) is 10.7. The summed E-state index contributed by atoms with van der Waals surface area (Å²) >= 11 is 7.68. The van der Waals surface area contributed by atoms with Gasteiger partial charge in [0.2, 0.25) is 0 Å². The van der Waals surface area contributed by atoms with Crippen molar-refractivity contribution in [2.24, 2.45) is 0 Å². The molecule has 0 aliphatic rings. The van der Waals surface area contributed by atoms with Crippen LogP contribution in [0, 0.1) is 6.92 Å². The minimum absolute atomic E-state index is 0.786. The monoisotopic (exact) mass is 251 g/mol. The second kappa shape index (κ2) is 5.00. The molecule has 0 amide bonds. The van der Waals surface area contributed by atoms with Gasteiger partial charge in [-0.2, -0.15) is 0 Å². The maximum absolute atomic E-state index is 5.89. The first-order chi connectivity index (χ1) is 7.72. The fourth-order valence-electron chi connectivity index (χ4n) is 1.70. The Kier molecular flexibility index (Phi) is 3.64. The fourth-order valence-corrected chi connectivity index (χ4v) is 2.93. The molecular weight excluding hydrogens is 238 g/mol. The fraction of sp³-hybridized carbons (Fsp3) is 0.231. The summed E-state index contributed by atoms with van der Waals surface area (Å²) in [7, 11) is 1.97. The van der Waals surface area contributed by atoms with Crippen LogP contribution in [0.25, 0.3) is 10.4 Å². The molecule has 0 atom stereocenters. The largest absolute Gasteiger partial charge is 0.316 e. The summed E-state index contributed by atoms with van der Waals surface area (Å²) < 4.78 is 0. The summed E-state index contributed by atoms with van der Waals surface area (Å²) in [6.45, 7) is 3.10. The molecule has 0 fully saturated rings. The first-order valence-corrected chi connectivity index (χ1v) is 6.45. The molecule has 2 rings (SSSR count). The van der Waals surface area contributed by atoms with Crippen molar-refractivity contribution in [1.29, 1.82) is 0 Å². The summed E-state index contributed by atoms with van der Waals surface area (Å²) in [5.41, 5.74) is 3.98. The van der Waals surface area contributed by atoms with E-state index in [-0.39, 0.29) is 0 Å². The molecule has 1 N–H and O–H groups in total. The van der Waals surface area contributed by atoms with Crippen LogP contribution in [0.3, 0.4) is 0 Å². The molecule has 3 heteroatoms. The lowest BCUT2D eigenvalue weighted by atomic mass is 10.1. The third-order valence-electron chi connectivity index (χ3n) is 2.61. The summed E-state index contributed by atoms with van der Waals surface area (Å²) in [5, 5.41) is 6.19. The Hall–Kier alpha value is -0.830. The molecule has 0 saturated heterocycles. The van der Waals surface area contributed by atoms with Crippen molar-refractivity contribution < 1.29 is 0 Å². The zero-order valence-corrected chi connectivity index (χ0v) is 11.0. The van der Waals surface area contributed by atoms with Crippen LogP contribution in [0.15, 0.2) is 29.6 Å². The molecular formula is C13H14ClNS. The van der Waals surface area contributed by atoms with Gasteiger partial charge in [0.05, 0.1) is 0 Å². The standard InChI is InChI=1S/C13H14ClNS/c1-9-11(7-15-2)8-16-13(9)10-3-5-12(14)6-4-10/h3-6,8,15H,7H2,1-2H3. The highest BCUT2D eigenvalue weighted by Crippen LogP contribution is 2.32. The molecule has 0 bridgehead atoms. The Bertz CT molecular complexity index is 473. The number of hydrogen-bond donors (Lipinski definition) is 1. The predicted molar refractivity (Wildman–Crippen MR) is 72.3 cm³/mol. The quantitative estimate of drug-likeness (QED) is 0.866. The Morgan fingerprint density at radius 2 is 1.94 bits per heavy atom. The maximum Gasteiger partial charge on any atom is 0.0406 e. The second-order valence-corrected chi connectivity index (χ2v) is 5.07. The van der Waals surface area contributed by atoms with Gasteiger partial charge in [-0.3, -0.25) is 0 Å². The molecule has 2 aromatic rings. The topological polar surface area (TPSA) is 12.0 Å². The number of thiophene rings is 1. The third-order valence-corrected chi connectivity index (χ3v) is 4.05. The highest BCUT2D eigenvalue weighted by Gasteiger charge is 2.08.